The van der Waals surface area contributed by atoms with Gasteiger partial charge in [-0.3, -0.25) is 4.79 Å². The molecule has 0 bridgehead atoms. The number of hydrogen-bond donors (Lipinski definition) is 2. The van der Waals surface area contributed by atoms with Crippen LogP contribution < -0.4 is 5.32 Å². The van der Waals surface area contributed by atoms with Crippen molar-refractivity contribution in [3.63, 3.8) is 0 Å². The standard InChI is InChI=1S/C16H14ClNOS/c17-14-7-6-11(20)8-13(14)16(19)18-15-9-12(15)10-4-2-1-3-5-10/h1-8,12,15,20H,9H2,(H,18,19). The van der Waals surface area contributed by atoms with E-state index in [2.05, 4.69) is 30.1 Å². The van der Waals surface area contributed by atoms with Crippen molar-refractivity contribution in [2.24, 2.45) is 0 Å². The lowest BCUT2D eigenvalue weighted by molar-refractivity contribution is 0.0950. The topological polar surface area (TPSA) is 29.1 Å². The third-order valence-electron chi connectivity index (χ3n) is 3.53. The summed E-state index contributed by atoms with van der Waals surface area (Å²) in [5, 5.41) is 3.49. The summed E-state index contributed by atoms with van der Waals surface area (Å²) in [6, 6.07) is 15.6. The first-order chi connectivity index (χ1) is 9.65. The summed E-state index contributed by atoms with van der Waals surface area (Å²) in [6.07, 6.45) is 0.980. The molecule has 1 aliphatic rings. The molecule has 0 heterocycles. The maximum atomic E-state index is 12.2. The van der Waals surface area contributed by atoms with Crippen LogP contribution in [0.1, 0.15) is 28.3 Å². The van der Waals surface area contributed by atoms with Gasteiger partial charge in [0.2, 0.25) is 0 Å². The third-order valence-corrected chi connectivity index (χ3v) is 4.14. The van der Waals surface area contributed by atoms with Crippen molar-refractivity contribution >= 4 is 30.1 Å². The normalized spacial score (nSPS) is 20.5. The van der Waals surface area contributed by atoms with E-state index in [1.54, 1.807) is 18.2 Å². The third kappa shape index (κ3) is 2.84. The average molecular weight is 304 g/mol. The van der Waals surface area contributed by atoms with Crippen molar-refractivity contribution in [1.82, 2.24) is 5.32 Å². The minimum absolute atomic E-state index is 0.130. The Morgan fingerprint density at radius 1 is 1.20 bits per heavy atom. The van der Waals surface area contributed by atoms with Crippen LogP contribution in [0.15, 0.2) is 53.4 Å². The number of benzene rings is 2. The Balaban J connectivity index is 1.68. The Labute approximate surface area is 128 Å². The van der Waals surface area contributed by atoms with Gasteiger partial charge in [0.15, 0.2) is 0 Å². The number of hydrogen-bond acceptors (Lipinski definition) is 2. The first-order valence-corrected chi connectivity index (χ1v) is 7.32. The van der Waals surface area contributed by atoms with Gasteiger partial charge in [-0.25, -0.2) is 0 Å². The lowest BCUT2D eigenvalue weighted by Crippen LogP contribution is -2.26. The van der Waals surface area contributed by atoms with Gasteiger partial charge >= 0.3 is 0 Å². The monoisotopic (exact) mass is 303 g/mol. The zero-order chi connectivity index (χ0) is 14.1. The van der Waals surface area contributed by atoms with Gasteiger partial charge in [0.1, 0.15) is 0 Å². The predicted octanol–water partition coefficient (Wildman–Crippen LogP) is 3.91. The van der Waals surface area contributed by atoms with Crippen LogP contribution in [0.5, 0.6) is 0 Å². The minimum Gasteiger partial charge on any atom is -0.349 e. The highest BCUT2D eigenvalue weighted by Gasteiger charge is 2.39. The molecule has 3 rings (SSSR count). The first-order valence-electron chi connectivity index (χ1n) is 6.49. The molecule has 4 heteroatoms. The molecule has 1 aliphatic carbocycles. The number of carbonyl (C=O) groups excluding carboxylic acids is 1. The van der Waals surface area contributed by atoms with E-state index in [0.717, 1.165) is 11.3 Å². The van der Waals surface area contributed by atoms with Crippen LogP contribution in [0.2, 0.25) is 5.02 Å². The van der Waals surface area contributed by atoms with Crippen LogP contribution in [0, 0.1) is 0 Å². The Hall–Kier alpha value is -1.45. The highest BCUT2D eigenvalue weighted by Crippen LogP contribution is 2.40. The van der Waals surface area contributed by atoms with Gasteiger partial charge in [0.25, 0.3) is 5.91 Å². The van der Waals surface area contributed by atoms with Crippen LogP contribution in [0.4, 0.5) is 0 Å². The largest absolute Gasteiger partial charge is 0.349 e. The molecule has 102 valence electrons. The van der Waals surface area contributed by atoms with E-state index in [4.69, 9.17) is 11.6 Å². The Morgan fingerprint density at radius 2 is 1.95 bits per heavy atom. The molecule has 20 heavy (non-hydrogen) atoms. The molecule has 1 amide bonds. The molecular formula is C16H14ClNOS. The second-order valence-corrected chi connectivity index (χ2v) is 5.92. The highest BCUT2D eigenvalue weighted by molar-refractivity contribution is 7.80. The Bertz CT molecular complexity index is 644. The summed E-state index contributed by atoms with van der Waals surface area (Å²) < 4.78 is 0. The van der Waals surface area contributed by atoms with Crippen LogP contribution in [0.3, 0.4) is 0 Å². The van der Waals surface area contributed by atoms with E-state index in [1.165, 1.54) is 5.56 Å². The number of rotatable bonds is 3. The second-order valence-electron chi connectivity index (χ2n) is 5.00. The number of nitrogens with one attached hydrogen (secondary N) is 1. The molecule has 0 aliphatic heterocycles. The summed E-state index contributed by atoms with van der Waals surface area (Å²) in [7, 11) is 0. The second kappa shape index (κ2) is 5.51. The average Bonchev–Trinajstić information content (AvgIpc) is 3.21. The van der Waals surface area contributed by atoms with E-state index in [1.807, 2.05) is 18.2 Å². The van der Waals surface area contributed by atoms with Gasteiger partial charge in [-0.2, -0.15) is 0 Å². The minimum atomic E-state index is -0.130. The molecule has 2 nitrogen and oxygen atoms in total. The zero-order valence-electron chi connectivity index (χ0n) is 10.7. The van der Waals surface area contributed by atoms with E-state index in [9.17, 15) is 4.79 Å². The van der Waals surface area contributed by atoms with E-state index in [-0.39, 0.29) is 11.9 Å². The fourth-order valence-corrected chi connectivity index (χ4v) is 2.76. The molecule has 2 atom stereocenters. The maximum Gasteiger partial charge on any atom is 0.253 e. The van der Waals surface area contributed by atoms with Gasteiger partial charge in [-0.05, 0) is 30.2 Å². The zero-order valence-corrected chi connectivity index (χ0v) is 12.4. The fraction of sp³-hybridized carbons (Fsp3) is 0.188. The summed E-state index contributed by atoms with van der Waals surface area (Å²) >= 11 is 10.3. The van der Waals surface area contributed by atoms with Crippen molar-refractivity contribution in [2.45, 2.75) is 23.3 Å². The van der Waals surface area contributed by atoms with Crippen molar-refractivity contribution in [2.75, 3.05) is 0 Å². The fourth-order valence-electron chi connectivity index (χ4n) is 2.36. The molecule has 1 fully saturated rings. The first kappa shape index (κ1) is 13.5. The number of carbonyl (C=O) groups is 1. The summed E-state index contributed by atoms with van der Waals surface area (Å²) in [5.74, 6) is 0.285. The van der Waals surface area contributed by atoms with Crippen molar-refractivity contribution in [1.29, 1.82) is 0 Å². The van der Waals surface area contributed by atoms with Gasteiger partial charge in [0.05, 0.1) is 10.6 Å². The molecule has 0 spiro atoms. The maximum absolute atomic E-state index is 12.2. The lowest BCUT2D eigenvalue weighted by Gasteiger charge is -2.07. The molecule has 1 N–H and O–H groups in total. The summed E-state index contributed by atoms with van der Waals surface area (Å²) in [6.45, 7) is 0. The van der Waals surface area contributed by atoms with Crippen LogP contribution >= 0.6 is 24.2 Å². The van der Waals surface area contributed by atoms with Crippen LogP contribution in [-0.4, -0.2) is 11.9 Å². The van der Waals surface area contributed by atoms with Crippen LogP contribution in [-0.2, 0) is 0 Å². The SMILES string of the molecule is O=C(NC1CC1c1ccccc1)c1cc(S)ccc1Cl. The van der Waals surface area contributed by atoms with E-state index < -0.39 is 0 Å². The summed E-state index contributed by atoms with van der Waals surface area (Å²) in [4.78, 5) is 12.9. The number of halogens is 1. The highest BCUT2D eigenvalue weighted by atomic mass is 35.5. The van der Waals surface area contributed by atoms with Gasteiger partial charge < -0.3 is 5.32 Å². The molecule has 0 aromatic heterocycles. The van der Waals surface area contributed by atoms with Crippen molar-refractivity contribution in [3.8, 4) is 0 Å². The number of thiol groups is 1. The molecule has 1 saturated carbocycles. The quantitative estimate of drug-likeness (QED) is 0.827. The Morgan fingerprint density at radius 3 is 2.70 bits per heavy atom. The van der Waals surface area contributed by atoms with Gasteiger partial charge in [0, 0.05) is 16.9 Å². The molecule has 0 saturated heterocycles. The molecule has 2 unspecified atom stereocenters. The van der Waals surface area contributed by atoms with Gasteiger partial charge in [-0.1, -0.05) is 41.9 Å². The summed E-state index contributed by atoms with van der Waals surface area (Å²) in [5.41, 5.74) is 1.75. The number of amides is 1. The van der Waals surface area contributed by atoms with E-state index >= 15 is 0 Å². The van der Waals surface area contributed by atoms with Crippen LogP contribution in [0.25, 0.3) is 0 Å². The van der Waals surface area contributed by atoms with Gasteiger partial charge in [-0.15, -0.1) is 12.6 Å². The van der Waals surface area contributed by atoms with Crippen molar-refractivity contribution < 1.29 is 4.79 Å². The predicted molar refractivity (Wildman–Crippen MR) is 83.8 cm³/mol. The molecule has 0 radical (unpaired) electrons. The smallest absolute Gasteiger partial charge is 0.253 e. The van der Waals surface area contributed by atoms with E-state index in [0.29, 0.717) is 16.5 Å². The lowest BCUT2D eigenvalue weighted by atomic mass is 10.1. The molecule has 2 aromatic rings. The molecular weight excluding hydrogens is 290 g/mol. The molecule has 2 aromatic carbocycles. The Kier molecular flexibility index (Phi) is 3.72. The van der Waals surface area contributed by atoms with Crippen molar-refractivity contribution in [3.05, 3.63) is 64.7 Å².